The van der Waals surface area contributed by atoms with Crippen molar-refractivity contribution in [3.05, 3.63) is 18.1 Å². The van der Waals surface area contributed by atoms with Crippen LogP contribution in [0.25, 0.3) is 10.7 Å². The zero-order valence-electron chi connectivity index (χ0n) is 6.93. The molecule has 0 bridgehead atoms. The van der Waals surface area contributed by atoms with E-state index in [-0.39, 0.29) is 0 Å². The highest BCUT2D eigenvalue weighted by atomic mass is 32.1. The van der Waals surface area contributed by atoms with Gasteiger partial charge in [0.05, 0.1) is 11.9 Å². The maximum Gasteiger partial charge on any atom is 0.203 e. The van der Waals surface area contributed by atoms with E-state index < -0.39 is 0 Å². The van der Waals surface area contributed by atoms with Crippen molar-refractivity contribution in [2.24, 2.45) is 0 Å². The lowest BCUT2D eigenvalue weighted by molar-refractivity contribution is 1.07. The summed E-state index contributed by atoms with van der Waals surface area (Å²) in [5, 5.41) is 8.71. The van der Waals surface area contributed by atoms with Crippen molar-refractivity contribution >= 4 is 16.5 Å². The number of nitrogens with zero attached hydrogens (tertiary/aromatic N) is 4. The molecule has 5 nitrogen and oxygen atoms in total. The van der Waals surface area contributed by atoms with Gasteiger partial charge in [-0.05, 0) is 6.92 Å². The fourth-order valence-electron chi connectivity index (χ4n) is 0.905. The Balaban J connectivity index is 2.46. The number of anilines is 1. The summed E-state index contributed by atoms with van der Waals surface area (Å²) in [5.41, 5.74) is 7.02. The normalized spacial score (nSPS) is 10.2. The van der Waals surface area contributed by atoms with Gasteiger partial charge in [0.15, 0.2) is 5.01 Å². The molecule has 0 amide bonds. The maximum absolute atomic E-state index is 5.45. The number of rotatable bonds is 1. The van der Waals surface area contributed by atoms with E-state index in [4.69, 9.17) is 5.73 Å². The summed E-state index contributed by atoms with van der Waals surface area (Å²) >= 11 is 1.30. The van der Waals surface area contributed by atoms with Gasteiger partial charge < -0.3 is 5.73 Å². The van der Waals surface area contributed by atoms with E-state index in [9.17, 15) is 0 Å². The molecule has 0 saturated heterocycles. The third kappa shape index (κ3) is 1.62. The predicted octanol–water partition coefficient (Wildman–Crippen LogP) is 0.886. The van der Waals surface area contributed by atoms with Crippen LogP contribution in [0.4, 0.5) is 5.13 Å². The Labute approximate surface area is 78.7 Å². The average Bonchev–Trinajstić information content (AvgIpc) is 2.52. The van der Waals surface area contributed by atoms with Crippen LogP contribution in [0.15, 0.2) is 12.4 Å². The van der Waals surface area contributed by atoms with E-state index >= 15 is 0 Å². The molecule has 0 atom stereocenters. The Morgan fingerprint density at radius 1 is 1.31 bits per heavy atom. The van der Waals surface area contributed by atoms with Gasteiger partial charge in [-0.25, -0.2) is 4.98 Å². The van der Waals surface area contributed by atoms with Gasteiger partial charge in [-0.3, -0.25) is 4.98 Å². The zero-order valence-corrected chi connectivity index (χ0v) is 7.75. The molecular weight excluding hydrogens is 186 g/mol. The molecule has 0 saturated carbocycles. The number of aryl methyl sites for hydroxylation is 1. The number of nitrogen functional groups attached to an aromatic ring is 1. The van der Waals surface area contributed by atoms with Crippen LogP contribution in [0, 0.1) is 6.92 Å². The molecule has 0 aliphatic heterocycles. The molecule has 0 spiro atoms. The van der Waals surface area contributed by atoms with E-state index in [1.807, 2.05) is 6.92 Å². The molecule has 0 fully saturated rings. The second-order valence-electron chi connectivity index (χ2n) is 2.49. The van der Waals surface area contributed by atoms with Crippen LogP contribution in [0.3, 0.4) is 0 Å². The van der Waals surface area contributed by atoms with Gasteiger partial charge >= 0.3 is 0 Å². The highest BCUT2D eigenvalue weighted by molar-refractivity contribution is 7.18. The van der Waals surface area contributed by atoms with E-state index in [2.05, 4.69) is 20.2 Å². The van der Waals surface area contributed by atoms with Crippen LogP contribution in [0.5, 0.6) is 0 Å². The van der Waals surface area contributed by atoms with Crippen LogP contribution >= 0.6 is 11.3 Å². The summed E-state index contributed by atoms with van der Waals surface area (Å²) in [6.45, 7) is 1.88. The summed E-state index contributed by atoms with van der Waals surface area (Å²) in [6, 6.07) is 0. The first-order chi connectivity index (χ1) is 6.25. The standard InChI is InChI=1S/C7H7N5S/c1-4-2-9-3-5(10-4)6-11-12-7(8)13-6/h2-3H,1H3,(H2,8,12). The molecule has 0 aromatic carbocycles. The second kappa shape index (κ2) is 3.06. The van der Waals surface area contributed by atoms with Crippen LogP contribution < -0.4 is 5.73 Å². The predicted molar refractivity (Wildman–Crippen MR) is 50.1 cm³/mol. The zero-order chi connectivity index (χ0) is 9.26. The molecule has 2 heterocycles. The summed E-state index contributed by atoms with van der Waals surface area (Å²) in [7, 11) is 0. The van der Waals surface area contributed by atoms with Crippen molar-refractivity contribution in [2.45, 2.75) is 6.92 Å². The van der Waals surface area contributed by atoms with Crippen molar-refractivity contribution in [1.29, 1.82) is 0 Å². The minimum absolute atomic E-state index is 0.443. The van der Waals surface area contributed by atoms with E-state index in [0.717, 1.165) is 5.69 Å². The lowest BCUT2D eigenvalue weighted by Gasteiger charge is -1.93. The fourth-order valence-corrected chi connectivity index (χ4v) is 1.47. The molecule has 0 aliphatic carbocycles. The van der Waals surface area contributed by atoms with E-state index in [1.165, 1.54) is 11.3 Å². The second-order valence-corrected chi connectivity index (χ2v) is 3.50. The van der Waals surface area contributed by atoms with Gasteiger partial charge in [0.25, 0.3) is 0 Å². The molecule has 2 aromatic rings. The maximum atomic E-state index is 5.45. The van der Waals surface area contributed by atoms with Crippen molar-refractivity contribution < 1.29 is 0 Å². The van der Waals surface area contributed by atoms with Gasteiger partial charge in [-0.1, -0.05) is 11.3 Å². The summed E-state index contributed by atoms with van der Waals surface area (Å²) in [6.07, 6.45) is 3.33. The summed E-state index contributed by atoms with van der Waals surface area (Å²) in [4.78, 5) is 8.25. The molecule has 2 aromatic heterocycles. The average molecular weight is 193 g/mol. The van der Waals surface area contributed by atoms with Gasteiger partial charge in [-0.15, -0.1) is 10.2 Å². The molecule has 0 radical (unpaired) electrons. The van der Waals surface area contributed by atoms with Crippen molar-refractivity contribution in [3.8, 4) is 10.7 Å². The van der Waals surface area contributed by atoms with Crippen molar-refractivity contribution in [2.75, 3.05) is 5.73 Å². The molecule has 6 heteroatoms. The van der Waals surface area contributed by atoms with Crippen LogP contribution in [0.1, 0.15) is 5.69 Å². The first-order valence-corrected chi connectivity index (χ1v) is 4.45. The Hall–Kier alpha value is -1.56. The topological polar surface area (TPSA) is 77.6 Å². The number of hydrogen-bond acceptors (Lipinski definition) is 6. The highest BCUT2D eigenvalue weighted by Gasteiger charge is 2.05. The molecule has 0 aliphatic rings. The van der Waals surface area contributed by atoms with Gasteiger partial charge in [0.1, 0.15) is 5.69 Å². The first kappa shape index (κ1) is 8.06. The monoisotopic (exact) mass is 193 g/mol. The Bertz CT molecular complexity index is 424. The minimum atomic E-state index is 0.443. The van der Waals surface area contributed by atoms with Crippen LogP contribution in [-0.2, 0) is 0 Å². The van der Waals surface area contributed by atoms with Gasteiger partial charge in [-0.2, -0.15) is 0 Å². The third-order valence-electron chi connectivity index (χ3n) is 1.41. The smallest absolute Gasteiger partial charge is 0.203 e. The Morgan fingerprint density at radius 2 is 2.15 bits per heavy atom. The third-order valence-corrected chi connectivity index (χ3v) is 2.19. The molecule has 2 N–H and O–H groups in total. The quantitative estimate of drug-likeness (QED) is 0.727. The fraction of sp³-hybridized carbons (Fsp3) is 0.143. The first-order valence-electron chi connectivity index (χ1n) is 3.64. The molecule has 13 heavy (non-hydrogen) atoms. The van der Waals surface area contributed by atoms with E-state index in [0.29, 0.717) is 15.8 Å². The highest BCUT2D eigenvalue weighted by Crippen LogP contribution is 2.21. The Kier molecular flexibility index (Phi) is 1.90. The van der Waals surface area contributed by atoms with Crippen molar-refractivity contribution in [3.63, 3.8) is 0 Å². The lowest BCUT2D eigenvalue weighted by atomic mass is 10.4. The molecule has 2 rings (SSSR count). The largest absolute Gasteiger partial charge is 0.374 e. The lowest BCUT2D eigenvalue weighted by Crippen LogP contribution is -1.87. The van der Waals surface area contributed by atoms with Crippen LogP contribution in [0.2, 0.25) is 0 Å². The van der Waals surface area contributed by atoms with Crippen LogP contribution in [-0.4, -0.2) is 20.2 Å². The number of nitrogens with two attached hydrogens (primary N) is 1. The number of aromatic nitrogens is 4. The van der Waals surface area contributed by atoms with Crippen molar-refractivity contribution in [1.82, 2.24) is 20.2 Å². The SMILES string of the molecule is Cc1cncc(-c2nnc(N)s2)n1. The van der Waals surface area contributed by atoms with Gasteiger partial charge in [0, 0.05) is 6.20 Å². The molecular formula is C7H7N5S. The Morgan fingerprint density at radius 3 is 2.77 bits per heavy atom. The number of hydrogen-bond donors (Lipinski definition) is 1. The molecule has 0 unspecified atom stereocenters. The molecule has 66 valence electrons. The summed E-state index contributed by atoms with van der Waals surface area (Å²) < 4.78 is 0. The van der Waals surface area contributed by atoms with Gasteiger partial charge in [0.2, 0.25) is 5.13 Å². The van der Waals surface area contributed by atoms with E-state index in [1.54, 1.807) is 12.4 Å². The minimum Gasteiger partial charge on any atom is -0.374 e. The summed E-state index contributed by atoms with van der Waals surface area (Å²) in [5.74, 6) is 0.